The van der Waals surface area contributed by atoms with Crippen LogP contribution in [0.15, 0.2) is 29.2 Å². The summed E-state index contributed by atoms with van der Waals surface area (Å²) in [7, 11) is 3.83. The van der Waals surface area contributed by atoms with Crippen molar-refractivity contribution in [3.05, 3.63) is 40.2 Å². The Morgan fingerprint density at radius 1 is 1.35 bits per heavy atom. The van der Waals surface area contributed by atoms with Gasteiger partial charge in [-0.1, -0.05) is 0 Å². The number of carbonyl (C=O) groups excluding carboxylic acids is 1. The summed E-state index contributed by atoms with van der Waals surface area (Å²) in [5.74, 6) is 0. The molecule has 0 saturated carbocycles. The van der Waals surface area contributed by atoms with Crippen molar-refractivity contribution in [3.63, 3.8) is 0 Å². The van der Waals surface area contributed by atoms with Gasteiger partial charge in [-0.2, -0.15) is 0 Å². The van der Waals surface area contributed by atoms with Crippen molar-refractivity contribution in [3.8, 4) is 0 Å². The van der Waals surface area contributed by atoms with Gasteiger partial charge in [0.05, 0.1) is 11.1 Å². The first-order valence-electron chi connectivity index (χ1n) is 5.03. The molecule has 0 saturated heterocycles. The Bertz CT molecular complexity index is 646. The lowest BCUT2D eigenvalue weighted by atomic mass is 10.1. The van der Waals surface area contributed by atoms with Crippen molar-refractivity contribution in [1.82, 2.24) is 4.98 Å². The van der Waals surface area contributed by atoms with E-state index in [1.54, 1.807) is 6.07 Å². The van der Waals surface area contributed by atoms with E-state index in [0.717, 1.165) is 5.69 Å². The van der Waals surface area contributed by atoms with E-state index in [2.05, 4.69) is 4.98 Å². The maximum atomic E-state index is 11.9. The van der Waals surface area contributed by atoms with Gasteiger partial charge in [0.1, 0.15) is 0 Å². The van der Waals surface area contributed by atoms with Crippen LogP contribution in [0.3, 0.4) is 0 Å². The lowest BCUT2D eigenvalue weighted by Crippen LogP contribution is -2.13. The molecule has 17 heavy (non-hydrogen) atoms. The number of aromatic nitrogens is 1. The zero-order chi connectivity index (χ0) is 12.6. The van der Waals surface area contributed by atoms with Crippen LogP contribution >= 0.6 is 11.6 Å². The smallest absolute Gasteiger partial charge is 0.257 e. The highest BCUT2D eigenvalue weighted by molar-refractivity contribution is 6.67. The molecule has 2 aromatic rings. The van der Waals surface area contributed by atoms with Gasteiger partial charge in [-0.25, -0.2) is 0 Å². The zero-order valence-corrected chi connectivity index (χ0v) is 10.2. The predicted molar refractivity (Wildman–Crippen MR) is 69.1 cm³/mol. The summed E-state index contributed by atoms with van der Waals surface area (Å²) in [5, 5.41) is -0.285. The van der Waals surface area contributed by atoms with E-state index in [-0.39, 0.29) is 11.0 Å². The average Bonchev–Trinajstić information content (AvgIpc) is 2.28. The molecule has 0 aliphatic heterocycles. The highest BCUT2D eigenvalue weighted by atomic mass is 35.5. The second-order valence-electron chi connectivity index (χ2n) is 3.93. The summed E-state index contributed by atoms with van der Waals surface area (Å²) in [6, 6.07) is 5.35. The van der Waals surface area contributed by atoms with E-state index < -0.39 is 5.24 Å². The maximum absolute atomic E-state index is 11.9. The molecular formula is C12H11ClN2O2. The van der Waals surface area contributed by atoms with E-state index in [1.165, 1.54) is 6.20 Å². The largest absolute Gasteiger partial charge is 0.378 e. The maximum Gasteiger partial charge on any atom is 0.257 e. The lowest BCUT2D eigenvalue weighted by Gasteiger charge is -2.12. The van der Waals surface area contributed by atoms with Gasteiger partial charge in [0, 0.05) is 31.4 Å². The van der Waals surface area contributed by atoms with E-state index >= 15 is 0 Å². The Morgan fingerprint density at radius 3 is 2.65 bits per heavy atom. The van der Waals surface area contributed by atoms with E-state index in [0.29, 0.717) is 10.9 Å². The van der Waals surface area contributed by atoms with Gasteiger partial charge in [0.25, 0.3) is 5.24 Å². The Hall–Kier alpha value is -1.81. The second-order valence-corrected chi connectivity index (χ2v) is 4.27. The number of nitrogens with zero attached hydrogens (tertiary/aromatic N) is 1. The molecule has 1 heterocycles. The number of halogens is 1. The molecule has 0 fully saturated rings. The van der Waals surface area contributed by atoms with Gasteiger partial charge < -0.3 is 9.88 Å². The minimum absolute atomic E-state index is 0.0308. The van der Waals surface area contributed by atoms with Crippen molar-refractivity contribution in [2.24, 2.45) is 0 Å². The van der Waals surface area contributed by atoms with Crippen molar-refractivity contribution in [2.75, 3.05) is 19.0 Å². The third-order valence-electron chi connectivity index (χ3n) is 2.59. The van der Waals surface area contributed by atoms with Gasteiger partial charge in [-0.3, -0.25) is 9.59 Å². The fourth-order valence-corrected chi connectivity index (χ4v) is 1.77. The molecule has 0 bridgehead atoms. The molecule has 4 nitrogen and oxygen atoms in total. The predicted octanol–water partition coefficient (Wildman–Crippen LogP) is 1.97. The molecule has 0 radical (unpaired) electrons. The number of rotatable bonds is 2. The topological polar surface area (TPSA) is 53.2 Å². The highest BCUT2D eigenvalue weighted by Crippen LogP contribution is 2.17. The Balaban J connectivity index is 2.73. The number of carbonyl (C=O) groups is 1. The van der Waals surface area contributed by atoms with Crippen molar-refractivity contribution < 1.29 is 4.79 Å². The number of pyridine rings is 1. The summed E-state index contributed by atoms with van der Waals surface area (Å²) >= 11 is 5.32. The van der Waals surface area contributed by atoms with Gasteiger partial charge in [-0.15, -0.1) is 0 Å². The van der Waals surface area contributed by atoms with E-state index in [9.17, 15) is 9.59 Å². The highest BCUT2D eigenvalue weighted by Gasteiger charge is 2.10. The molecule has 0 aliphatic rings. The van der Waals surface area contributed by atoms with E-state index in [1.807, 2.05) is 31.1 Å². The molecule has 0 aliphatic carbocycles. The van der Waals surface area contributed by atoms with Crippen LogP contribution in [0, 0.1) is 0 Å². The third-order valence-corrected chi connectivity index (χ3v) is 2.80. The van der Waals surface area contributed by atoms with Crippen molar-refractivity contribution in [2.45, 2.75) is 0 Å². The Morgan fingerprint density at radius 2 is 2.06 bits per heavy atom. The number of aromatic amines is 1. The molecular weight excluding hydrogens is 240 g/mol. The minimum atomic E-state index is -0.746. The first-order valence-corrected chi connectivity index (χ1v) is 5.41. The molecule has 5 heteroatoms. The summed E-state index contributed by atoms with van der Waals surface area (Å²) in [6.07, 6.45) is 1.35. The molecule has 0 spiro atoms. The number of hydrogen-bond donors (Lipinski definition) is 1. The van der Waals surface area contributed by atoms with E-state index in [4.69, 9.17) is 11.6 Å². The fourth-order valence-electron chi connectivity index (χ4n) is 1.63. The van der Waals surface area contributed by atoms with Crippen LogP contribution in [0.4, 0.5) is 5.69 Å². The Kier molecular flexibility index (Phi) is 2.90. The van der Waals surface area contributed by atoms with Crippen LogP contribution in [0.5, 0.6) is 0 Å². The summed E-state index contributed by atoms with van der Waals surface area (Å²) in [4.78, 5) is 27.8. The zero-order valence-electron chi connectivity index (χ0n) is 9.45. The monoisotopic (exact) mass is 250 g/mol. The quantitative estimate of drug-likeness (QED) is 0.829. The normalized spacial score (nSPS) is 10.5. The minimum Gasteiger partial charge on any atom is -0.378 e. The number of hydrogen-bond acceptors (Lipinski definition) is 3. The van der Waals surface area contributed by atoms with Gasteiger partial charge >= 0.3 is 0 Å². The summed E-state index contributed by atoms with van der Waals surface area (Å²) < 4.78 is 0. The number of anilines is 1. The fraction of sp³-hybridized carbons (Fsp3) is 0.167. The second kappa shape index (κ2) is 4.22. The van der Waals surface area contributed by atoms with Crippen LogP contribution in [0.2, 0.25) is 0 Å². The molecule has 0 unspecified atom stereocenters. The molecule has 0 atom stereocenters. The lowest BCUT2D eigenvalue weighted by molar-refractivity contribution is 0.108. The SMILES string of the molecule is CN(C)c1ccc2c(=O)c(C(=O)Cl)c[nH]c2c1. The Labute approximate surface area is 103 Å². The van der Waals surface area contributed by atoms with Gasteiger partial charge in [0.2, 0.25) is 5.43 Å². The van der Waals surface area contributed by atoms with Crippen LogP contribution in [0.25, 0.3) is 10.9 Å². The first kappa shape index (κ1) is 11.7. The molecule has 1 aromatic carbocycles. The molecule has 1 aromatic heterocycles. The first-order chi connectivity index (χ1) is 8.00. The van der Waals surface area contributed by atoms with Gasteiger partial charge in [0.15, 0.2) is 0 Å². The number of H-pyrrole nitrogens is 1. The summed E-state index contributed by atoms with van der Waals surface area (Å²) in [5.41, 5.74) is 1.28. The molecule has 1 N–H and O–H groups in total. The molecule has 88 valence electrons. The summed E-state index contributed by atoms with van der Waals surface area (Å²) in [6.45, 7) is 0. The van der Waals surface area contributed by atoms with Gasteiger partial charge in [-0.05, 0) is 29.8 Å². The van der Waals surface area contributed by atoms with Crippen LogP contribution in [0.1, 0.15) is 10.4 Å². The molecule has 2 rings (SSSR count). The standard InChI is InChI=1S/C12H11ClN2O2/c1-15(2)7-3-4-8-10(5-7)14-6-9(11(8)16)12(13)17/h3-6H,1-2H3,(H,14,16). The van der Waals surface area contributed by atoms with Crippen molar-refractivity contribution >= 4 is 33.4 Å². The van der Waals surface area contributed by atoms with Crippen LogP contribution < -0.4 is 10.3 Å². The third kappa shape index (κ3) is 2.03. The number of benzene rings is 1. The number of fused-ring (bicyclic) bond motifs is 1. The molecule has 0 amide bonds. The average molecular weight is 251 g/mol. The van der Waals surface area contributed by atoms with Crippen molar-refractivity contribution in [1.29, 1.82) is 0 Å². The van der Waals surface area contributed by atoms with Crippen LogP contribution in [-0.4, -0.2) is 24.3 Å². The van der Waals surface area contributed by atoms with Crippen LogP contribution in [-0.2, 0) is 0 Å². The number of nitrogens with one attached hydrogen (secondary N) is 1.